The van der Waals surface area contributed by atoms with Gasteiger partial charge in [-0.3, -0.25) is 0 Å². The predicted octanol–water partition coefficient (Wildman–Crippen LogP) is 0.345. The zero-order chi connectivity index (χ0) is 13.5. The summed E-state index contributed by atoms with van der Waals surface area (Å²) < 4.78 is 27.0. The number of sulfonamides is 1. The number of aryl methyl sites for hydroxylation is 1. The van der Waals surface area contributed by atoms with Gasteiger partial charge in [-0.15, -0.1) is 0 Å². The van der Waals surface area contributed by atoms with Crippen LogP contribution in [-0.2, 0) is 16.4 Å². The molecule has 1 aromatic heterocycles. The lowest BCUT2D eigenvalue weighted by Gasteiger charge is -2.35. The highest BCUT2D eigenvalue weighted by atomic mass is 32.2. The molecule has 2 N–H and O–H groups in total. The lowest BCUT2D eigenvalue weighted by molar-refractivity contribution is 0.217. The molecule has 7 heteroatoms. The Hall–Kier alpha value is -0.920. The molecule has 2 atom stereocenters. The number of imidazole rings is 1. The number of piperidine rings is 1. The van der Waals surface area contributed by atoms with Gasteiger partial charge in [0.15, 0.2) is 5.03 Å². The van der Waals surface area contributed by atoms with Crippen molar-refractivity contribution < 1.29 is 8.42 Å². The van der Waals surface area contributed by atoms with E-state index in [0.29, 0.717) is 18.9 Å². The van der Waals surface area contributed by atoms with E-state index in [-0.39, 0.29) is 11.1 Å². The third kappa shape index (κ3) is 2.19. The first-order valence-electron chi connectivity index (χ1n) is 6.89. The van der Waals surface area contributed by atoms with Crippen molar-refractivity contribution in [2.75, 3.05) is 19.6 Å². The maximum atomic E-state index is 12.7. The molecule has 2 unspecified atom stereocenters. The zero-order valence-corrected chi connectivity index (χ0v) is 11.9. The third-order valence-electron chi connectivity index (χ3n) is 4.15. The lowest BCUT2D eigenvalue weighted by Crippen LogP contribution is -2.48. The Labute approximate surface area is 113 Å². The first-order chi connectivity index (χ1) is 9.13. The van der Waals surface area contributed by atoms with Gasteiger partial charge in [-0.25, -0.2) is 13.4 Å². The van der Waals surface area contributed by atoms with Crippen LogP contribution in [0.25, 0.3) is 0 Å². The quantitative estimate of drug-likeness (QED) is 0.839. The number of rotatable bonds is 3. The minimum atomic E-state index is -3.43. The molecule has 0 bridgehead atoms. The Morgan fingerprint density at radius 3 is 3.05 bits per heavy atom. The van der Waals surface area contributed by atoms with Gasteiger partial charge in [0.25, 0.3) is 10.0 Å². The molecule has 2 saturated heterocycles. The van der Waals surface area contributed by atoms with Crippen molar-refractivity contribution in [1.29, 1.82) is 0 Å². The normalized spacial score (nSPS) is 28.5. The minimum Gasteiger partial charge on any atom is -0.332 e. The van der Waals surface area contributed by atoms with Crippen molar-refractivity contribution in [3.63, 3.8) is 0 Å². The van der Waals surface area contributed by atoms with Crippen LogP contribution >= 0.6 is 0 Å². The fraction of sp³-hybridized carbons (Fsp3) is 0.750. The Balaban J connectivity index is 1.90. The van der Waals surface area contributed by atoms with Gasteiger partial charge in [-0.2, -0.15) is 4.31 Å². The molecule has 19 heavy (non-hydrogen) atoms. The number of nitrogens with one attached hydrogen (secondary N) is 2. The summed E-state index contributed by atoms with van der Waals surface area (Å²) >= 11 is 0. The summed E-state index contributed by atoms with van der Waals surface area (Å²) in [5.41, 5.74) is 0. The van der Waals surface area contributed by atoms with Crippen LogP contribution in [0.3, 0.4) is 0 Å². The van der Waals surface area contributed by atoms with Crippen LogP contribution in [0, 0.1) is 5.92 Å². The van der Waals surface area contributed by atoms with Gasteiger partial charge < -0.3 is 10.3 Å². The van der Waals surface area contributed by atoms with E-state index in [2.05, 4.69) is 15.3 Å². The molecule has 2 aliphatic rings. The van der Waals surface area contributed by atoms with Gasteiger partial charge in [-0.1, -0.05) is 6.92 Å². The third-order valence-corrected chi connectivity index (χ3v) is 5.99. The Bertz CT molecular complexity index is 554. The summed E-state index contributed by atoms with van der Waals surface area (Å²) in [5.74, 6) is 1.17. The number of hydrogen-bond donors (Lipinski definition) is 2. The molecule has 0 aromatic carbocycles. The summed E-state index contributed by atoms with van der Waals surface area (Å²) in [7, 11) is -3.43. The monoisotopic (exact) mass is 284 g/mol. The summed E-state index contributed by atoms with van der Waals surface area (Å²) in [5, 5.41) is 3.54. The molecule has 0 amide bonds. The van der Waals surface area contributed by atoms with Crippen molar-refractivity contribution in [2.45, 2.75) is 37.3 Å². The molecule has 0 aliphatic carbocycles. The largest absolute Gasteiger partial charge is 0.332 e. The summed E-state index contributed by atoms with van der Waals surface area (Å²) in [6.07, 6.45) is 4.22. The molecular formula is C12H20N4O2S. The van der Waals surface area contributed by atoms with Crippen LogP contribution in [0.1, 0.15) is 25.6 Å². The molecule has 106 valence electrons. The van der Waals surface area contributed by atoms with Crippen LogP contribution in [0.2, 0.25) is 0 Å². The topological polar surface area (TPSA) is 78.1 Å². The van der Waals surface area contributed by atoms with Crippen molar-refractivity contribution in [2.24, 2.45) is 5.92 Å². The number of aromatic nitrogens is 2. The maximum Gasteiger partial charge on any atom is 0.260 e. The number of aromatic amines is 1. The van der Waals surface area contributed by atoms with Gasteiger partial charge in [0, 0.05) is 25.6 Å². The van der Waals surface area contributed by atoms with E-state index in [0.717, 1.165) is 31.8 Å². The molecule has 2 fully saturated rings. The standard InChI is InChI=1S/C12H20N4O2S/c1-2-11-14-8-12(15-11)19(17,18)16-5-3-4-9-6-13-7-10(9)16/h8-10,13H,2-7H2,1H3,(H,14,15). The predicted molar refractivity (Wildman–Crippen MR) is 71.2 cm³/mol. The van der Waals surface area contributed by atoms with Gasteiger partial charge >= 0.3 is 0 Å². The highest BCUT2D eigenvalue weighted by Crippen LogP contribution is 2.30. The van der Waals surface area contributed by atoms with Crippen molar-refractivity contribution >= 4 is 10.0 Å². The van der Waals surface area contributed by atoms with Crippen molar-refractivity contribution in [1.82, 2.24) is 19.6 Å². The van der Waals surface area contributed by atoms with E-state index in [1.165, 1.54) is 6.20 Å². The van der Waals surface area contributed by atoms with Gasteiger partial charge in [-0.05, 0) is 25.3 Å². The van der Waals surface area contributed by atoms with Gasteiger partial charge in [0.05, 0.1) is 6.20 Å². The van der Waals surface area contributed by atoms with Crippen molar-refractivity contribution in [3.05, 3.63) is 12.0 Å². The molecule has 2 aliphatic heterocycles. The molecule has 0 spiro atoms. The van der Waals surface area contributed by atoms with E-state index < -0.39 is 10.0 Å². The summed E-state index contributed by atoms with van der Waals surface area (Å²) in [6, 6.07) is 0.104. The number of nitrogens with zero attached hydrogens (tertiary/aromatic N) is 2. The SMILES string of the molecule is CCc1ncc(S(=O)(=O)N2CCCC3CNCC32)[nH]1. The number of hydrogen-bond acceptors (Lipinski definition) is 4. The second kappa shape index (κ2) is 4.88. The fourth-order valence-corrected chi connectivity index (χ4v) is 4.76. The Morgan fingerprint density at radius 2 is 2.32 bits per heavy atom. The smallest absolute Gasteiger partial charge is 0.260 e. The first kappa shape index (κ1) is 13.1. The van der Waals surface area contributed by atoms with E-state index in [4.69, 9.17) is 0 Å². The second-order valence-corrected chi connectivity index (χ2v) is 7.15. The molecule has 6 nitrogen and oxygen atoms in total. The Morgan fingerprint density at radius 1 is 1.47 bits per heavy atom. The molecule has 0 radical (unpaired) electrons. The van der Waals surface area contributed by atoms with E-state index >= 15 is 0 Å². The van der Waals surface area contributed by atoms with Crippen LogP contribution in [0.5, 0.6) is 0 Å². The minimum absolute atomic E-state index is 0.104. The Kier molecular flexibility index (Phi) is 3.36. The van der Waals surface area contributed by atoms with Crippen LogP contribution in [0.15, 0.2) is 11.2 Å². The van der Waals surface area contributed by atoms with Crippen LogP contribution in [-0.4, -0.2) is 48.4 Å². The van der Waals surface area contributed by atoms with E-state index in [9.17, 15) is 8.42 Å². The lowest BCUT2D eigenvalue weighted by atomic mass is 9.94. The average Bonchev–Trinajstić information content (AvgIpc) is 3.06. The maximum absolute atomic E-state index is 12.7. The highest BCUT2D eigenvalue weighted by Gasteiger charge is 2.41. The average molecular weight is 284 g/mol. The molecular weight excluding hydrogens is 264 g/mol. The molecule has 3 rings (SSSR count). The van der Waals surface area contributed by atoms with Crippen LogP contribution < -0.4 is 5.32 Å². The fourth-order valence-electron chi connectivity index (χ4n) is 3.10. The zero-order valence-electron chi connectivity index (χ0n) is 11.1. The number of fused-ring (bicyclic) bond motifs is 1. The molecule has 0 saturated carbocycles. The summed E-state index contributed by atoms with van der Waals surface area (Å²) in [6.45, 7) is 4.26. The number of H-pyrrole nitrogens is 1. The molecule has 3 heterocycles. The van der Waals surface area contributed by atoms with Crippen LogP contribution in [0.4, 0.5) is 0 Å². The van der Waals surface area contributed by atoms with Gasteiger partial charge in [0.1, 0.15) is 5.82 Å². The van der Waals surface area contributed by atoms with E-state index in [1.54, 1.807) is 4.31 Å². The first-order valence-corrected chi connectivity index (χ1v) is 8.33. The molecule has 1 aromatic rings. The van der Waals surface area contributed by atoms with E-state index in [1.807, 2.05) is 6.92 Å². The highest BCUT2D eigenvalue weighted by molar-refractivity contribution is 7.89. The van der Waals surface area contributed by atoms with Crippen molar-refractivity contribution in [3.8, 4) is 0 Å². The second-order valence-electron chi connectivity index (χ2n) is 5.29. The van der Waals surface area contributed by atoms with Gasteiger partial charge in [0.2, 0.25) is 0 Å². The summed E-state index contributed by atoms with van der Waals surface area (Å²) in [4.78, 5) is 7.02.